The zero-order chi connectivity index (χ0) is 11.1. The molecule has 0 bridgehead atoms. The highest BCUT2D eigenvalue weighted by Crippen LogP contribution is 2.44. The molecule has 2 aliphatic heterocycles. The van der Waals surface area contributed by atoms with Crippen molar-refractivity contribution >= 4 is 11.6 Å². The molecule has 0 aliphatic carbocycles. The van der Waals surface area contributed by atoms with E-state index in [0.29, 0.717) is 17.1 Å². The largest absolute Gasteiger partial charge is 0.454 e. The molecule has 0 amide bonds. The Hall–Kier alpha value is -1.00. The molecule has 0 spiro atoms. The lowest BCUT2D eigenvalue weighted by Crippen LogP contribution is -2.14. The normalized spacial score (nSPS) is 22.8. The Morgan fingerprint density at radius 2 is 2.31 bits per heavy atom. The SMILES string of the molecule is Fc1c(C2CCCN2)cc2c(c1Cl)OCO2. The maximum atomic E-state index is 14.0. The molecule has 5 heteroatoms. The van der Waals surface area contributed by atoms with E-state index in [0.717, 1.165) is 19.4 Å². The highest BCUT2D eigenvalue weighted by molar-refractivity contribution is 6.32. The third kappa shape index (κ3) is 1.44. The van der Waals surface area contributed by atoms with E-state index < -0.39 is 5.82 Å². The molecule has 3 rings (SSSR count). The Balaban J connectivity index is 2.08. The quantitative estimate of drug-likeness (QED) is 0.823. The van der Waals surface area contributed by atoms with E-state index in [1.165, 1.54) is 0 Å². The first-order valence-electron chi connectivity index (χ1n) is 5.28. The number of rotatable bonds is 1. The van der Waals surface area contributed by atoms with E-state index in [-0.39, 0.29) is 17.9 Å². The smallest absolute Gasteiger partial charge is 0.231 e. The van der Waals surface area contributed by atoms with Gasteiger partial charge in [0.25, 0.3) is 0 Å². The van der Waals surface area contributed by atoms with Crippen LogP contribution < -0.4 is 14.8 Å². The zero-order valence-electron chi connectivity index (χ0n) is 8.56. The molecule has 1 atom stereocenters. The summed E-state index contributed by atoms with van der Waals surface area (Å²) in [5, 5.41) is 3.26. The van der Waals surface area contributed by atoms with Crippen molar-refractivity contribution in [3.8, 4) is 11.5 Å². The van der Waals surface area contributed by atoms with E-state index in [2.05, 4.69) is 5.32 Å². The molecule has 1 unspecified atom stereocenters. The summed E-state index contributed by atoms with van der Waals surface area (Å²) in [6.45, 7) is 1.02. The molecule has 1 N–H and O–H groups in total. The van der Waals surface area contributed by atoms with Gasteiger partial charge in [-0.25, -0.2) is 4.39 Å². The third-order valence-corrected chi connectivity index (χ3v) is 3.35. The van der Waals surface area contributed by atoms with Crippen molar-refractivity contribution in [3.05, 3.63) is 22.5 Å². The van der Waals surface area contributed by atoms with Crippen LogP contribution in [0.3, 0.4) is 0 Å². The van der Waals surface area contributed by atoms with Crippen LogP contribution in [0.15, 0.2) is 6.07 Å². The van der Waals surface area contributed by atoms with Crippen LogP contribution >= 0.6 is 11.6 Å². The average Bonchev–Trinajstić information content (AvgIpc) is 2.92. The molecule has 16 heavy (non-hydrogen) atoms. The highest BCUT2D eigenvalue weighted by atomic mass is 35.5. The summed E-state index contributed by atoms with van der Waals surface area (Å²) in [6, 6.07) is 1.72. The molecule has 1 aromatic rings. The maximum absolute atomic E-state index is 14.0. The van der Waals surface area contributed by atoms with Gasteiger partial charge in [0.2, 0.25) is 6.79 Å². The van der Waals surface area contributed by atoms with Gasteiger partial charge in [-0.1, -0.05) is 11.6 Å². The molecule has 86 valence electrons. The van der Waals surface area contributed by atoms with Crippen LogP contribution in [0.1, 0.15) is 24.4 Å². The molecular weight excluding hydrogens is 233 g/mol. The fraction of sp³-hybridized carbons (Fsp3) is 0.455. The van der Waals surface area contributed by atoms with Crippen LogP contribution in [-0.2, 0) is 0 Å². The molecule has 1 fully saturated rings. The van der Waals surface area contributed by atoms with Crippen LogP contribution in [0.2, 0.25) is 5.02 Å². The van der Waals surface area contributed by atoms with Crippen LogP contribution in [-0.4, -0.2) is 13.3 Å². The number of halogens is 2. The van der Waals surface area contributed by atoms with Crippen LogP contribution in [0.4, 0.5) is 4.39 Å². The standard InChI is InChI=1S/C11H11ClFNO2/c12-9-10(13)6(7-2-1-3-14-7)4-8-11(9)16-5-15-8/h4,7,14H,1-3,5H2. The fourth-order valence-corrected chi connectivity index (χ4v) is 2.46. The van der Waals surface area contributed by atoms with Crippen LogP contribution in [0, 0.1) is 5.82 Å². The van der Waals surface area contributed by atoms with Crippen molar-refractivity contribution in [1.82, 2.24) is 5.32 Å². The predicted molar refractivity (Wildman–Crippen MR) is 57.5 cm³/mol. The molecule has 0 radical (unpaired) electrons. The van der Waals surface area contributed by atoms with Gasteiger partial charge in [-0.15, -0.1) is 0 Å². The van der Waals surface area contributed by atoms with Crippen molar-refractivity contribution in [2.24, 2.45) is 0 Å². The van der Waals surface area contributed by atoms with Crippen molar-refractivity contribution in [2.45, 2.75) is 18.9 Å². The van der Waals surface area contributed by atoms with E-state index in [9.17, 15) is 4.39 Å². The minimum atomic E-state index is -0.398. The number of hydrogen-bond acceptors (Lipinski definition) is 3. The first kappa shape index (κ1) is 10.2. The number of ether oxygens (including phenoxy) is 2. The Morgan fingerprint density at radius 3 is 3.06 bits per heavy atom. The lowest BCUT2D eigenvalue weighted by Gasteiger charge is -2.13. The van der Waals surface area contributed by atoms with Gasteiger partial charge in [0, 0.05) is 11.6 Å². The second kappa shape index (κ2) is 3.79. The van der Waals surface area contributed by atoms with Gasteiger partial charge in [-0.3, -0.25) is 0 Å². The topological polar surface area (TPSA) is 30.5 Å². The molecule has 0 aromatic heterocycles. The Bertz CT molecular complexity index is 432. The lowest BCUT2D eigenvalue weighted by molar-refractivity contribution is 0.174. The minimum absolute atomic E-state index is 0.0266. The van der Waals surface area contributed by atoms with E-state index in [4.69, 9.17) is 21.1 Å². The average molecular weight is 244 g/mol. The Kier molecular flexibility index (Phi) is 2.41. The molecule has 1 saturated heterocycles. The first-order chi connectivity index (χ1) is 7.77. The third-order valence-electron chi connectivity index (χ3n) is 3.01. The molecule has 0 saturated carbocycles. The molecular formula is C11H11ClFNO2. The summed E-state index contributed by atoms with van der Waals surface area (Å²) in [6.07, 6.45) is 1.98. The van der Waals surface area contributed by atoms with E-state index in [1.807, 2.05) is 0 Å². The summed E-state index contributed by atoms with van der Waals surface area (Å²) in [5.74, 6) is 0.460. The van der Waals surface area contributed by atoms with E-state index >= 15 is 0 Å². The summed E-state index contributed by atoms with van der Waals surface area (Å²) in [4.78, 5) is 0. The Morgan fingerprint density at radius 1 is 1.44 bits per heavy atom. The maximum Gasteiger partial charge on any atom is 0.231 e. The molecule has 3 nitrogen and oxygen atoms in total. The van der Waals surface area contributed by atoms with Gasteiger partial charge in [0.05, 0.1) is 0 Å². The summed E-state index contributed by atoms with van der Waals surface area (Å²) in [5.41, 5.74) is 0.576. The van der Waals surface area contributed by atoms with Gasteiger partial charge in [-0.2, -0.15) is 0 Å². The summed E-state index contributed by atoms with van der Waals surface area (Å²) >= 11 is 5.91. The number of hydrogen-bond donors (Lipinski definition) is 1. The second-order valence-corrected chi connectivity index (χ2v) is 4.35. The number of nitrogens with one attached hydrogen (secondary N) is 1. The van der Waals surface area contributed by atoms with Gasteiger partial charge < -0.3 is 14.8 Å². The minimum Gasteiger partial charge on any atom is -0.454 e. The van der Waals surface area contributed by atoms with Crippen molar-refractivity contribution in [2.75, 3.05) is 13.3 Å². The fourth-order valence-electron chi connectivity index (χ4n) is 2.20. The van der Waals surface area contributed by atoms with Gasteiger partial charge in [0.15, 0.2) is 17.3 Å². The number of benzene rings is 1. The zero-order valence-corrected chi connectivity index (χ0v) is 9.31. The Labute approximate surface area is 97.5 Å². The van der Waals surface area contributed by atoms with Crippen molar-refractivity contribution < 1.29 is 13.9 Å². The molecule has 2 heterocycles. The van der Waals surface area contributed by atoms with E-state index in [1.54, 1.807) is 6.07 Å². The lowest BCUT2D eigenvalue weighted by atomic mass is 10.0. The summed E-state index contributed by atoms with van der Waals surface area (Å²) in [7, 11) is 0. The predicted octanol–water partition coefficient (Wildman–Crippen LogP) is 2.63. The van der Waals surface area contributed by atoms with Gasteiger partial charge in [-0.05, 0) is 25.5 Å². The molecule has 2 aliphatic rings. The summed E-state index contributed by atoms with van der Waals surface area (Å²) < 4.78 is 24.3. The second-order valence-electron chi connectivity index (χ2n) is 3.98. The monoisotopic (exact) mass is 243 g/mol. The first-order valence-corrected chi connectivity index (χ1v) is 5.66. The van der Waals surface area contributed by atoms with Gasteiger partial charge >= 0.3 is 0 Å². The molecule has 1 aromatic carbocycles. The number of fused-ring (bicyclic) bond motifs is 1. The van der Waals surface area contributed by atoms with Crippen LogP contribution in [0.25, 0.3) is 0 Å². The van der Waals surface area contributed by atoms with Gasteiger partial charge in [0.1, 0.15) is 5.02 Å². The van der Waals surface area contributed by atoms with Crippen molar-refractivity contribution in [3.63, 3.8) is 0 Å². The van der Waals surface area contributed by atoms with Crippen molar-refractivity contribution in [1.29, 1.82) is 0 Å². The van der Waals surface area contributed by atoms with Crippen LogP contribution in [0.5, 0.6) is 11.5 Å². The highest BCUT2D eigenvalue weighted by Gasteiger charge is 2.28.